The summed E-state index contributed by atoms with van der Waals surface area (Å²) in [6.45, 7) is 4.72. The Bertz CT molecular complexity index is 904. The number of rotatable bonds is 5. The molecule has 1 aromatic heterocycles. The zero-order valence-electron chi connectivity index (χ0n) is 15.0. The molecule has 132 valence electrons. The molecule has 0 spiro atoms. The van der Waals surface area contributed by atoms with E-state index in [0.29, 0.717) is 6.04 Å². The maximum Gasteiger partial charge on any atom is 0.186 e. The summed E-state index contributed by atoms with van der Waals surface area (Å²) in [5.74, 6) is 0.950. The Morgan fingerprint density at radius 3 is 2.77 bits per heavy atom. The Balaban J connectivity index is 1.51. The molecule has 1 saturated heterocycles. The molecule has 5 nitrogen and oxygen atoms in total. The summed E-state index contributed by atoms with van der Waals surface area (Å²) in [7, 11) is 0. The number of benzene rings is 2. The van der Waals surface area contributed by atoms with Crippen molar-refractivity contribution in [2.45, 2.75) is 38.1 Å². The van der Waals surface area contributed by atoms with Crippen molar-refractivity contribution < 1.29 is 0 Å². The van der Waals surface area contributed by atoms with Gasteiger partial charge >= 0.3 is 0 Å². The molecule has 5 rings (SSSR count). The molecule has 2 bridgehead atoms. The zero-order valence-corrected chi connectivity index (χ0v) is 15.0. The first-order chi connectivity index (χ1) is 12.8. The Labute approximate surface area is 153 Å². The van der Waals surface area contributed by atoms with Crippen LogP contribution >= 0.6 is 0 Å². The van der Waals surface area contributed by atoms with Gasteiger partial charge in [-0.15, -0.1) is 10.2 Å². The fourth-order valence-corrected chi connectivity index (χ4v) is 4.65. The highest BCUT2D eigenvalue weighted by atomic mass is 15.5. The molecule has 0 amide bonds. The van der Waals surface area contributed by atoms with Crippen molar-refractivity contribution in [3.63, 3.8) is 0 Å². The summed E-state index contributed by atoms with van der Waals surface area (Å²) >= 11 is 0. The quantitative estimate of drug-likeness (QED) is 0.602. The van der Waals surface area contributed by atoms with E-state index in [-0.39, 0.29) is 5.92 Å². The Hall–Kier alpha value is -2.53. The van der Waals surface area contributed by atoms with Crippen molar-refractivity contribution in [1.29, 1.82) is 0 Å². The van der Waals surface area contributed by atoms with Gasteiger partial charge in [-0.1, -0.05) is 47.7 Å². The lowest BCUT2D eigenvalue weighted by Gasteiger charge is -2.35. The highest BCUT2D eigenvalue weighted by Crippen LogP contribution is 2.49. The van der Waals surface area contributed by atoms with E-state index in [4.69, 9.17) is 0 Å². The lowest BCUT2D eigenvalue weighted by molar-refractivity contribution is 0.271. The largest absolute Gasteiger partial charge is 0.300 e. The van der Waals surface area contributed by atoms with E-state index in [1.165, 1.54) is 47.2 Å². The molecular formula is C21H23N5. The van der Waals surface area contributed by atoms with Crippen LogP contribution in [0.15, 0.2) is 42.5 Å². The monoisotopic (exact) mass is 345 g/mol. The van der Waals surface area contributed by atoms with E-state index in [2.05, 4.69) is 74.9 Å². The van der Waals surface area contributed by atoms with Gasteiger partial charge < -0.3 is 4.90 Å². The number of likely N-dealkylation sites (tertiary alicyclic amines) is 1. The van der Waals surface area contributed by atoms with Crippen molar-refractivity contribution >= 4 is 0 Å². The SMILES string of the molecule is C[C@@H]1CCCN1CCc1c2ccc(-c3ccccc3)c1[C@@H]2c1nn[nH]n1. The highest BCUT2D eigenvalue weighted by molar-refractivity contribution is 5.77. The molecule has 5 heteroatoms. The van der Waals surface area contributed by atoms with Crippen LogP contribution in [0.3, 0.4) is 0 Å². The Morgan fingerprint density at radius 2 is 2.04 bits per heavy atom. The van der Waals surface area contributed by atoms with Gasteiger partial charge in [0.05, 0.1) is 5.92 Å². The fraction of sp³-hybridized carbons (Fsp3) is 0.381. The summed E-state index contributed by atoms with van der Waals surface area (Å²) in [5.41, 5.74) is 6.81. The predicted octanol–water partition coefficient (Wildman–Crippen LogP) is 3.39. The van der Waals surface area contributed by atoms with Crippen LogP contribution in [-0.2, 0) is 6.42 Å². The van der Waals surface area contributed by atoms with Gasteiger partial charge in [0.2, 0.25) is 0 Å². The van der Waals surface area contributed by atoms with Crippen molar-refractivity contribution in [1.82, 2.24) is 25.5 Å². The maximum atomic E-state index is 4.27. The van der Waals surface area contributed by atoms with Gasteiger partial charge in [-0.25, -0.2) is 0 Å². The standard InChI is InChI=1S/C21H23N5/c1-14-6-5-12-26(14)13-11-18-17-10-9-16(15-7-3-2-4-8-15)19(18)20(17)21-22-24-25-23-21/h2-4,7-10,14,20H,5-6,11-13H2,1H3,(H,22,23,24,25)/t14-,20-/m1/s1. The number of nitrogens with one attached hydrogen (secondary N) is 1. The number of hydrogen-bond donors (Lipinski definition) is 1. The van der Waals surface area contributed by atoms with Crippen LogP contribution in [0.4, 0.5) is 0 Å². The van der Waals surface area contributed by atoms with Crippen LogP contribution < -0.4 is 0 Å². The number of H-pyrrole nitrogens is 1. The smallest absolute Gasteiger partial charge is 0.186 e. The number of hydrogen-bond acceptors (Lipinski definition) is 4. The second-order valence-electron chi connectivity index (χ2n) is 7.44. The average molecular weight is 345 g/mol. The third-order valence-corrected chi connectivity index (χ3v) is 6.04. The first-order valence-corrected chi connectivity index (χ1v) is 9.51. The van der Waals surface area contributed by atoms with E-state index >= 15 is 0 Å². The second kappa shape index (κ2) is 6.32. The van der Waals surface area contributed by atoms with Crippen LogP contribution in [-0.4, -0.2) is 44.7 Å². The molecule has 0 saturated carbocycles. The normalized spacial score (nSPS) is 21.7. The molecule has 2 aliphatic rings. The number of nitrogens with zero attached hydrogens (tertiary/aromatic N) is 4. The minimum Gasteiger partial charge on any atom is -0.300 e. The van der Waals surface area contributed by atoms with Gasteiger partial charge in [0, 0.05) is 12.6 Å². The summed E-state index contributed by atoms with van der Waals surface area (Å²) in [5, 5.41) is 14.9. The third-order valence-electron chi connectivity index (χ3n) is 6.04. The summed E-state index contributed by atoms with van der Waals surface area (Å²) < 4.78 is 0. The molecule has 3 aromatic rings. The minimum absolute atomic E-state index is 0.167. The topological polar surface area (TPSA) is 57.7 Å². The number of aromatic nitrogens is 4. The number of fused-ring (bicyclic) bond motifs is 2. The molecule has 1 aliphatic carbocycles. The fourth-order valence-electron chi connectivity index (χ4n) is 4.65. The molecule has 2 aromatic carbocycles. The van der Waals surface area contributed by atoms with Crippen molar-refractivity contribution in [3.05, 3.63) is 65.0 Å². The molecular weight excluding hydrogens is 322 g/mol. The van der Waals surface area contributed by atoms with Gasteiger partial charge in [0.25, 0.3) is 0 Å². The van der Waals surface area contributed by atoms with Crippen molar-refractivity contribution in [2.75, 3.05) is 13.1 Å². The molecule has 0 unspecified atom stereocenters. The van der Waals surface area contributed by atoms with Gasteiger partial charge in [0.15, 0.2) is 5.82 Å². The lowest BCUT2D eigenvalue weighted by atomic mass is 9.69. The van der Waals surface area contributed by atoms with Gasteiger partial charge in [-0.05, 0) is 60.5 Å². The van der Waals surface area contributed by atoms with Crippen LogP contribution in [0.5, 0.6) is 0 Å². The van der Waals surface area contributed by atoms with Crippen LogP contribution in [0, 0.1) is 0 Å². The zero-order chi connectivity index (χ0) is 17.5. The molecule has 0 radical (unpaired) electrons. The van der Waals surface area contributed by atoms with E-state index in [1.54, 1.807) is 0 Å². The maximum absolute atomic E-state index is 4.27. The summed E-state index contributed by atoms with van der Waals surface area (Å²) in [4.78, 5) is 2.62. The minimum atomic E-state index is 0.167. The first kappa shape index (κ1) is 15.7. The van der Waals surface area contributed by atoms with E-state index in [1.807, 2.05) is 0 Å². The first-order valence-electron chi connectivity index (χ1n) is 9.51. The van der Waals surface area contributed by atoms with Crippen molar-refractivity contribution in [2.24, 2.45) is 0 Å². The van der Waals surface area contributed by atoms with Gasteiger partial charge in [-0.2, -0.15) is 5.21 Å². The molecule has 26 heavy (non-hydrogen) atoms. The number of tetrazole rings is 1. The van der Waals surface area contributed by atoms with Gasteiger partial charge in [0.1, 0.15) is 0 Å². The van der Waals surface area contributed by atoms with E-state index < -0.39 is 0 Å². The summed E-state index contributed by atoms with van der Waals surface area (Å²) in [6, 6.07) is 15.9. The lowest BCUT2D eigenvalue weighted by Crippen LogP contribution is -2.31. The molecule has 2 heterocycles. The second-order valence-corrected chi connectivity index (χ2v) is 7.44. The highest BCUT2D eigenvalue weighted by Gasteiger charge is 2.38. The molecule has 1 fully saturated rings. The van der Waals surface area contributed by atoms with Crippen LogP contribution in [0.1, 0.15) is 48.2 Å². The molecule has 2 atom stereocenters. The number of aromatic amines is 1. The van der Waals surface area contributed by atoms with E-state index in [0.717, 1.165) is 18.8 Å². The molecule has 1 aliphatic heterocycles. The van der Waals surface area contributed by atoms with Crippen molar-refractivity contribution in [3.8, 4) is 11.1 Å². The third kappa shape index (κ3) is 2.46. The average Bonchev–Trinajstić information content (AvgIpc) is 3.34. The Kier molecular flexibility index (Phi) is 3.82. The summed E-state index contributed by atoms with van der Waals surface area (Å²) in [6.07, 6.45) is 3.76. The molecule has 1 N–H and O–H groups in total. The van der Waals surface area contributed by atoms with E-state index in [9.17, 15) is 0 Å². The predicted molar refractivity (Wildman–Crippen MR) is 101 cm³/mol. The van der Waals surface area contributed by atoms with Gasteiger partial charge in [-0.3, -0.25) is 0 Å². The Morgan fingerprint density at radius 1 is 1.15 bits per heavy atom. The van der Waals surface area contributed by atoms with Crippen LogP contribution in [0.25, 0.3) is 11.1 Å². The van der Waals surface area contributed by atoms with Crippen LogP contribution in [0.2, 0.25) is 0 Å².